The van der Waals surface area contributed by atoms with Gasteiger partial charge in [-0.25, -0.2) is 4.39 Å². The second kappa shape index (κ2) is 10.5. The monoisotopic (exact) mass is 461 g/mol. The number of carbonyl (C=O) groups is 2. The number of benzene rings is 2. The normalized spacial score (nSPS) is 18.2. The SMILES string of the molecule is CCOC(=O)[C@H](c1cc(OC)ccc1OC)[C@@H]1C=C[C@H](NC(=O)c2c(F)cccc2Cl)C1. The van der Waals surface area contributed by atoms with Crippen LogP contribution in [-0.2, 0) is 9.53 Å². The second-order valence-electron chi connectivity index (χ2n) is 7.30. The quantitative estimate of drug-likeness (QED) is 0.462. The lowest BCUT2D eigenvalue weighted by molar-refractivity contribution is -0.146. The average Bonchev–Trinajstić information content (AvgIpc) is 3.21. The molecule has 2 aromatic rings. The van der Waals surface area contributed by atoms with Gasteiger partial charge in [-0.05, 0) is 49.6 Å². The van der Waals surface area contributed by atoms with Gasteiger partial charge in [0.05, 0.1) is 37.3 Å². The minimum atomic E-state index is -0.695. The van der Waals surface area contributed by atoms with Crippen LogP contribution in [0.15, 0.2) is 48.6 Å². The molecule has 0 spiro atoms. The van der Waals surface area contributed by atoms with E-state index in [0.717, 1.165) is 0 Å². The number of halogens is 2. The van der Waals surface area contributed by atoms with E-state index in [0.29, 0.717) is 23.5 Å². The number of allylic oxidation sites excluding steroid dienone is 1. The summed E-state index contributed by atoms with van der Waals surface area (Å²) in [5.41, 5.74) is 0.423. The number of methoxy groups -OCH3 is 2. The van der Waals surface area contributed by atoms with Crippen molar-refractivity contribution in [3.8, 4) is 11.5 Å². The van der Waals surface area contributed by atoms with Crippen LogP contribution in [0.5, 0.6) is 11.5 Å². The first-order valence-corrected chi connectivity index (χ1v) is 10.6. The minimum Gasteiger partial charge on any atom is -0.497 e. The van der Waals surface area contributed by atoms with Crippen LogP contribution in [0.25, 0.3) is 0 Å². The number of hydrogen-bond acceptors (Lipinski definition) is 5. The molecular formula is C24H25ClFNO5. The van der Waals surface area contributed by atoms with E-state index in [1.54, 1.807) is 38.3 Å². The Labute approximate surface area is 191 Å². The molecule has 0 heterocycles. The fourth-order valence-corrected chi connectivity index (χ4v) is 4.13. The van der Waals surface area contributed by atoms with E-state index in [1.165, 1.54) is 25.3 Å². The van der Waals surface area contributed by atoms with Crippen LogP contribution in [-0.4, -0.2) is 38.7 Å². The van der Waals surface area contributed by atoms with Crippen LogP contribution in [0.3, 0.4) is 0 Å². The van der Waals surface area contributed by atoms with Gasteiger partial charge in [0.1, 0.15) is 17.3 Å². The lowest BCUT2D eigenvalue weighted by atomic mass is 9.84. The van der Waals surface area contributed by atoms with Crippen molar-refractivity contribution in [1.29, 1.82) is 0 Å². The number of ether oxygens (including phenoxy) is 3. The van der Waals surface area contributed by atoms with Crippen molar-refractivity contribution in [3.63, 3.8) is 0 Å². The highest BCUT2D eigenvalue weighted by atomic mass is 35.5. The number of amides is 1. The Balaban J connectivity index is 1.84. The molecule has 0 radical (unpaired) electrons. The molecule has 2 aromatic carbocycles. The Morgan fingerprint density at radius 2 is 1.97 bits per heavy atom. The van der Waals surface area contributed by atoms with Gasteiger partial charge in [-0.15, -0.1) is 0 Å². The highest BCUT2D eigenvalue weighted by Crippen LogP contribution is 2.40. The maximum absolute atomic E-state index is 14.1. The second-order valence-corrected chi connectivity index (χ2v) is 7.71. The fourth-order valence-electron chi connectivity index (χ4n) is 3.88. The van der Waals surface area contributed by atoms with E-state index >= 15 is 0 Å². The summed E-state index contributed by atoms with van der Waals surface area (Å²) in [5.74, 6) is -1.56. The van der Waals surface area contributed by atoms with E-state index < -0.39 is 29.7 Å². The average molecular weight is 462 g/mol. The molecule has 0 saturated heterocycles. The molecule has 1 aliphatic rings. The van der Waals surface area contributed by atoms with E-state index in [2.05, 4.69) is 5.32 Å². The Bertz CT molecular complexity index is 1010. The fraction of sp³-hybridized carbons (Fsp3) is 0.333. The Morgan fingerprint density at radius 3 is 2.62 bits per heavy atom. The van der Waals surface area contributed by atoms with Gasteiger partial charge in [0.2, 0.25) is 0 Å². The topological polar surface area (TPSA) is 73.9 Å². The number of hydrogen-bond donors (Lipinski definition) is 1. The summed E-state index contributed by atoms with van der Waals surface area (Å²) in [5, 5.41) is 2.81. The van der Waals surface area contributed by atoms with Gasteiger partial charge in [0, 0.05) is 11.6 Å². The summed E-state index contributed by atoms with van der Waals surface area (Å²) < 4.78 is 30.2. The van der Waals surface area contributed by atoms with Crippen LogP contribution in [0, 0.1) is 11.7 Å². The maximum Gasteiger partial charge on any atom is 0.314 e. The van der Waals surface area contributed by atoms with Crippen molar-refractivity contribution in [2.45, 2.75) is 25.3 Å². The summed E-state index contributed by atoms with van der Waals surface area (Å²) in [7, 11) is 3.07. The Morgan fingerprint density at radius 1 is 1.19 bits per heavy atom. The van der Waals surface area contributed by atoms with Gasteiger partial charge in [0.25, 0.3) is 5.91 Å². The van der Waals surface area contributed by atoms with E-state index in [1.807, 2.05) is 6.08 Å². The molecule has 0 fully saturated rings. The zero-order chi connectivity index (χ0) is 23.3. The van der Waals surface area contributed by atoms with Gasteiger partial charge in [-0.2, -0.15) is 0 Å². The number of nitrogens with one attached hydrogen (secondary N) is 1. The van der Waals surface area contributed by atoms with Crippen LogP contribution >= 0.6 is 11.6 Å². The van der Waals surface area contributed by atoms with Crippen molar-refractivity contribution < 1.29 is 28.2 Å². The van der Waals surface area contributed by atoms with Crippen molar-refractivity contribution in [1.82, 2.24) is 5.32 Å². The first-order valence-electron chi connectivity index (χ1n) is 10.2. The number of esters is 1. The van der Waals surface area contributed by atoms with Gasteiger partial charge in [0.15, 0.2) is 0 Å². The van der Waals surface area contributed by atoms with Gasteiger partial charge >= 0.3 is 5.97 Å². The smallest absolute Gasteiger partial charge is 0.314 e. The molecule has 1 amide bonds. The molecule has 1 N–H and O–H groups in total. The number of rotatable bonds is 8. The summed E-state index contributed by atoms with van der Waals surface area (Å²) in [6.07, 6.45) is 4.06. The molecule has 0 bridgehead atoms. The summed E-state index contributed by atoms with van der Waals surface area (Å²) in [6, 6.07) is 8.90. The van der Waals surface area contributed by atoms with Crippen molar-refractivity contribution in [2.75, 3.05) is 20.8 Å². The Kier molecular flexibility index (Phi) is 7.75. The van der Waals surface area contributed by atoms with E-state index in [-0.39, 0.29) is 23.1 Å². The zero-order valence-corrected chi connectivity index (χ0v) is 18.8. The van der Waals surface area contributed by atoms with Crippen molar-refractivity contribution in [2.24, 2.45) is 5.92 Å². The molecule has 170 valence electrons. The first-order chi connectivity index (χ1) is 15.4. The van der Waals surface area contributed by atoms with E-state index in [4.69, 9.17) is 25.8 Å². The maximum atomic E-state index is 14.1. The lowest BCUT2D eigenvalue weighted by Crippen LogP contribution is -2.34. The van der Waals surface area contributed by atoms with Gasteiger partial charge < -0.3 is 19.5 Å². The number of carbonyl (C=O) groups excluding carboxylic acids is 2. The molecule has 3 rings (SSSR count). The third-order valence-corrected chi connectivity index (χ3v) is 5.68. The standard InChI is InChI=1S/C24H25ClFNO5/c1-4-32-24(29)21(17-13-16(30-2)10-11-20(17)31-3)14-8-9-15(12-14)27-23(28)22-18(25)6-5-7-19(22)26/h5-11,13-15,21H,4,12H2,1-3H3,(H,27,28)/t14-,15+,21+/m1/s1. The van der Waals surface area contributed by atoms with E-state index in [9.17, 15) is 14.0 Å². The van der Waals surface area contributed by atoms with Crippen LogP contribution in [0.2, 0.25) is 5.02 Å². The molecule has 6 nitrogen and oxygen atoms in total. The lowest BCUT2D eigenvalue weighted by Gasteiger charge is -2.24. The van der Waals surface area contributed by atoms with Crippen LogP contribution < -0.4 is 14.8 Å². The van der Waals surface area contributed by atoms with Crippen molar-refractivity contribution >= 4 is 23.5 Å². The highest BCUT2D eigenvalue weighted by molar-refractivity contribution is 6.33. The van der Waals surface area contributed by atoms with Crippen LogP contribution in [0.4, 0.5) is 4.39 Å². The molecular weight excluding hydrogens is 437 g/mol. The highest BCUT2D eigenvalue weighted by Gasteiger charge is 2.36. The molecule has 0 aliphatic heterocycles. The van der Waals surface area contributed by atoms with Crippen LogP contribution in [0.1, 0.15) is 35.2 Å². The molecule has 1 aliphatic carbocycles. The minimum absolute atomic E-state index is 0.0338. The summed E-state index contributed by atoms with van der Waals surface area (Å²) >= 11 is 6.00. The summed E-state index contributed by atoms with van der Waals surface area (Å²) in [4.78, 5) is 25.5. The zero-order valence-electron chi connectivity index (χ0n) is 18.1. The predicted molar refractivity (Wildman–Crippen MR) is 119 cm³/mol. The molecule has 0 aromatic heterocycles. The van der Waals surface area contributed by atoms with Crippen molar-refractivity contribution in [3.05, 3.63) is 70.5 Å². The van der Waals surface area contributed by atoms with Gasteiger partial charge in [-0.1, -0.05) is 29.8 Å². The summed E-state index contributed by atoms with van der Waals surface area (Å²) in [6.45, 7) is 1.97. The molecule has 0 saturated carbocycles. The molecule has 8 heteroatoms. The molecule has 0 unspecified atom stereocenters. The first kappa shape index (κ1) is 23.6. The predicted octanol–water partition coefficient (Wildman–Crippen LogP) is 4.52. The van der Waals surface area contributed by atoms with Gasteiger partial charge in [-0.3, -0.25) is 9.59 Å². The largest absolute Gasteiger partial charge is 0.497 e. The third kappa shape index (κ3) is 5.05. The molecule has 3 atom stereocenters. The molecule has 32 heavy (non-hydrogen) atoms. The Hall–Kier alpha value is -3.06. The third-order valence-electron chi connectivity index (χ3n) is 5.36.